The minimum absolute atomic E-state index is 0.278. The smallest absolute Gasteiger partial charge is 0.415 e. The number of allylic oxidation sites excluding steroid dienone is 1. The molecule has 1 aliphatic carbocycles. The summed E-state index contributed by atoms with van der Waals surface area (Å²) in [6.45, 7) is 5.55. The summed E-state index contributed by atoms with van der Waals surface area (Å²) in [5.41, 5.74) is 3.50. The first-order valence-electron chi connectivity index (χ1n) is 11.0. The van der Waals surface area contributed by atoms with Crippen LogP contribution >= 0.6 is 0 Å². The Balaban J connectivity index is 1.93. The first-order valence-corrected chi connectivity index (χ1v) is 11.0. The van der Waals surface area contributed by atoms with Gasteiger partial charge in [0.1, 0.15) is 11.4 Å². The molecule has 2 aromatic rings. The van der Waals surface area contributed by atoms with E-state index in [9.17, 15) is 9.59 Å². The molecule has 1 aliphatic heterocycles. The third-order valence-electron chi connectivity index (χ3n) is 5.86. The van der Waals surface area contributed by atoms with Gasteiger partial charge >= 0.3 is 12.1 Å². The highest BCUT2D eigenvalue weighted by atomic mass is 16.6. The van der Waals surface area contributed by atoms with Crippen LogP contribution < -0.4 is 9.64 Å². The maximum atomic E-state index is 13.5. The Morgan fingerprint density at radius 2 is 1.76 bits per heavy atom. The maximum absolute atomic E-state index is 13.5. The molecule has 4 rings (SSSR count). The van der Waals surface area contributed by atoms with Crippen molar-refractivity contribution < 1.29 is 23.8 Å². The van der Waals surface area contributed by atoms with Crippen LogP contribution in [0, 0.1) is 0 Å². The summed E-state index contributed by atoms with van der Waals surface area (Å²) in [6.07, 6.45) is 3.91. The highest BCUT2D eigenvalue weighted by Crippen LogP contribution is 2.49. The van der Waals surface area contributed by atoms with Gasteiger partial charge in [-0.1, -0.05) is 42.5 Å². The first-order chi connectivity index (χ1) is 15.7. The van der Waals surface area contributed by atoms with E-state index in [-0.39, 0.29) is 17.9 Å². The van der Waals surface area contributed by atoms with Gasteiger partial charge in [-0.05, 0) is 56.5 Å². The summed E-state index contributed by atoms with van der Waals surface area (Å²) in [5, 5.41) is 0. The molecule has 6 heteroatoms. The molecule has 0 aromatic heterocycles. The average Bonchev–Trinajstić information content (AvgIpc) is 2.98. The number of anilines is 1. The van der Waals surface area contributed by atoms with Gasteiger partial charge in [-0.15, -0.1) is 0 Å². The Bertz CT molecular complexity index is 1130. The van der Waals surface area contributed by atoms with E-state index in [0.717, 1.165) is 22.4 Å². The van der Waals surface area contributed by atoms with Crippen LogP contribution in [0.25, 0.3) is 5.57 Å². The van der Waals surface area contributed by atoms with E-state index in [4.69, 9.17) is 14.2 Å². The Hall–Kier alpha value is -3.54. The molecule has 2 aliphatic rings. The molecule has 0 saturated heterocycles. The number of esters is 1. The number of benzene rings is 2. The van der Waals surface area contributed by atoms with E-state index in [1.54, 1.807) is 12.0 Å². The fourth-order valence-electron chi connectivity index (χ4n) is 4.47. The lowest BCUT2D eigenvalue weighted by Gasteiger charge is -2.33. The number of fused-ring (bicyclic) bond motifs is 3. The molecule has 0 bridgehead atoms. The van der Waals surface area contributed by atoms with Crippen LogP contribution in [0.4, 0.5) is 10.5 Å². The summed E-state index contributed by atoms with van der Waals surface area (Å²) >= 11 is 0. The van der Waals surface area contributed by atoms with E-state index in [1.807, 2.05) is 81.5 Å². The fourth-order valence-corrected chi connectivity index (χ4v) is 4.47. The van der Waals surface area contributed by atoms with Crippen LogP contribution in [0.2, 0.25) is 0 Å². The maximum Gasteiger partial charge on any atom is 0.415 e. The van der Waals surface area contributed by atoms with Crippen molar-refractivity contribution >= 4 is 23.3 Å². The Labute approximate surface area is 194 Å². The van der Waals surface area contributed by atoms with E-state index in [2.05, 4.69) is 0 Å². The standard InChI is InChI=1S/C27H29NO5/c1-27(2,3)33-26(30)28-23-14-12-19(31-4)16-22(23)20-13-11-18(25(29)32-5)15-21(24(20)28)17-9-7-6-8-10-17/h6-10,12-16,21,24H,11H2,1-5H3/t21-,24-/m0/s1. The number of hydrogen-bond donors (Lipinski definition) is 0. The molecule has 2 atom stereocenters. The zero-order valence-corrected chi connectivity index (χ0v) is 19.6. The lowest BCUT2D eigenvalue weighted by Crippen LogP contribution is -2.43. The van der Waals surface area contributed by atoms with Crippen molar-refractivity contribution in [3.8, 4) is 5.75 Å². The molecule has 0 fully saturated rings. The molecule has 1 heterocycles. The molecular formula is C27H29NO5. The minimum Gasteiger partial charge on any atom is -0.497 e. The van der Waals surface area contributed by atoms with Gasteiger partial charge in [0.15, 0.2) is 0 Å². The minimum atomic E-state index is -0.657. The molecule has 2 aromatic carbocycles. The van der Waals surface area contributed by atoms with Gasteiger partial charge in [-0.2, -0.15) is 0 Å². The van der Waals surface area contributed by atoms with E-state index in [0.29, 0.717) is 17.7 Å². The van der Waals surface area contributed by atoms with Crippen molar-refractivity contribution in [1.29, 1.82) is 0 Å². The summed E-state index contributed by atoms with van der Waals surface area (Å²) < 4.78 is 16.3. The van der Waals surface area contributed by atoms with Crippen LogP contribution in [0.3, 0.4) is 0 Å². The number of rotatable bonds is 3. The van der Waals surface area contributed by atoms with Crippen LogP contribution in [0.1, 0.15) is 44.2 Å². The second kappa shape index (κ2) is 8.77. The second-order valence-electron chi connectivity index (χ2n) is 9.16. The molecule has 0 N–H and O–H groups in total. The van der Waals surface area contributed by atoms with Crippen molar-refractivity contribution in [3.05, 3.63) is 77.4 Å². The van der Waals surface area contributed by atoms with Crippen molar-refractivity contribution in [2.24, 2.45) is 0 Å². The number of nitrogens with zero attached hydrogens (tertiary/aromatic N) is 1. The van der Waals surface area contributed by atoms with Crippen molar-refractivity contribution in [1.82, 2.24) is 0 Å². The number of methoxy groups -OCH3 is 2. The molecule has 0 spiro atoms. The number of ether oxygens (including phenoxy) is 3. The zero-order chi connectivity index (χ0) is 23.8. The van der Waals surface area contributed by atoms with Crippen molar-refractivity contribution in [3.63, 3.8) is 0 Å². The van der Waals surface area contributed by atoms with E-state index in [1.165, 1.54) is 7.11 Å². The van der Waals surface area contributed by atoms with E-state index >= 15 is 0 Å². The molecule has 6 nitrogen and oxygen atoms in total. The van der Waals surface area contributed by atoms with Crippen LogP contribution in [-0.2, 0) is 14.3 Å². The van der Waals surface area contributed by atoms with Crippen LogP contribution in [-0.4, -0.2) is 37.9 Å². The number of carbonyl (C=O) groups excluding carboxylic acids is 2. The molecular weight excluding hydrogens is 418 g/mol. The van der Waals surface area contributed by atoms with Gasteiger partial charge in [0.05, 0.1) is 25.9 Å². The fraction of sp³-hybridized carbons (Fsp3) is 0.333. The molecule has 33 heavy (non-hydrogen) atoms. The third kappa shape index (κ3) is 4.38. The number of carbonyl (C=O) groups is 2. The lowest BCUT2D eigenvalue weighted by molar-refractivity contribution is -0.136. The van der Waals surface area contributed by atoms with Gasteiger partial charge in [-0.3, -0.25) is 4.90 Å². The van der Waals surface area contributed by atoms with Crippen LogP contribution in [0.15, 0.2) is 66.3 Å². The Morgan fingerprint density at radius 1 is 1.03 bits per heavy atom. The highest BCUT2D eigenvalue weighted by molar-refractivity contribution is 6.03. The SMILES string of the molecule is COC(=O)C1=C[C@@H](c2ccccc2)[C@@H]2C(=CC1)c1cc(OC)ccc1N2C(=O)OC(C)(C)C. The van der Waals surface area contributed by atoms with Crippen LogP contribution in [0.5, 0.6) is 5.75 Å². The van der Waals surface area contributed by atoms with Gasteiger partial charge < -0.3 is 14.2 Å². The second-order valence-corrected chi connectivity index (χ2v) is 9.16. The highest BCUT2D eigenvalue weighted by Gasteiger charge is 2.45. The van der Waals surface area contributed by atoms with E-state index < -0.39 is 11.7 Å². The summed E-state index contributed by atoms with van der Waals surface area (Å²) in [4.78, 5) is 27.8. The monoisotopic (exact) mass is 447 g/mol. The zero-order valence-electron chi connectivity index (χ0n) is 19.6. The molecule has 0 saturated carbocycles. The number of hydrogen-bond acceptors (Lipinski definition) is 5. The van der Waals surface area contributed by atoms with Crippen molar-refractivity contribution in [2.45, 2.75) is 44.8 Å². The lowest BCUT2D eigenvalue weighted by atomic mass is 9.86. The quantitative estimate of drug-likeness (QED) is 0.582. The summed E-state index contributed by atoms with van der Waals surface area (Å²) in [6, 6.07) is 15.2. The van der Waals surface area contributed by atoms with Gasteiger partial charge in [0, 0.05) is 17.1 Å². The Kier molecular flexibility index (Phi) is 6.02. The van der Waals surface area contributed by atoms with Gasteiger partial charge in [-0.25, -0.2) is 9.59 Å². The van der Waals surface area contributed by atoms with Gasteiger partial charge in [0.25, 0.3) is 0 Å². The predicted octanol–water partition coefficient (Wildman–Crippen LogP) is 5.49. The first kappa shape index (κ1) is 22.6. The number of amides is 1. The summed E-state index contributed by atoms with van der Waals surface area (Å²) in [5.74, 6) is 0.0449. The topological polar surface area (TPSA) is 65.1 Å². The molecule has 0 unspecified atom stereocenters. The van der Waals surface area contributed by atoms with Crippen molar-refractivity contribution in [2.75, 3.05) is 19.1 Å². The summed E-state index contributed by atoms with van der Waals surface area (Å²) in [7, 11) is 3.00. The average molecular weight is 448 g/mol. The molecule has 0 radical (unpaired) electrons. The Morgan fingerprint density at radius 3 is 2.39 bits per heavy atom. The normalized spacial score (nSPS) is 19.5. The predicted molar refractivity (Wildman–Crippen MR) is 127 cm³/mol. The molecule has 1 amide bonds. The molecule has 172 valence electrons. The van der Waals surface area contributed by atoms with Gasteiger partial charge in [0.2, 0.25) is 0 Å². The third-order valence-corrected chi connectivity index (χ3v) is 5.86. The largest absolute Gasteiger partial charge is 0.497 e.